The van der Waals surface area contributed by atoms with Crippen molar-refractivity contribution >= 4 is 0 Å². The quantitative estimate of drug-likeness (QED) is 0.791. The predicted molar refractivity (Wildman–Crippen MR) is 70.2 cm³/mol. The van der Waals surface area contributed by atoms with Crippen LogP contribution >= 0.6 is 0 Å². The Hall–Kier alpha value is -0.930. The summed E-state index contributed by atoms with van der Waals surface area (Å²) in [6.45, 7) is 7.90. The average Bonchev–Trinajstić information content (AvgIpc) is 2.25. The summed E-state index contributed by atoms with van der Waals surface area (Å²) in [5.74, 6) is 0.451. The van der Waals surface area contributed by atoms with E-state index in [-0.39, 0.29) is 5.82 Å². The maximum absolute atomic E-state index is 13.1. The van der Waals surface area contributed by atoms with Gasteiger partial charge in [-0.15, -0.1) is 0 Å². The van der Waals surface area contributed by atoms with Crippen molar-refractivity contribution in [1.82, 2.24) is 4.90 Å². The topological polar surface area (TPSA) is 29.3 Å². The van der Waals surface area contributed by atoms with Crippen LogP contribution in [0.3, 0.4) is 0 Å². The van der Waals surface area contributed by atoms with Crippen LogP contribution in [0.4, 0.5) is 4.39 Å². The molecule has 0 atom stereocenters. The number of nitrogens with zero attached hydrogens (tertiary/aromatic N) is 1. The Morgan fingerprint density at radius 3 is 2.71 bits per heavy atom. The van der Waals surface area contributed by atoms with Crippen molar-refractivity contribution in [2.24, 2.45) is 11.7 Å². The van der Waals surface area contributed by atoms with Crippen LogP contribution in [-0.2, 0) is 6.54 Å². The molecule has 1 aromatic carbocycles. The largest absolute Gasteiger partial charge is 0.330 e. The van der Waals surface area contributed by atoms with E-state index in [9.17, 15) is 4.39 Å². The third-order valence-corrected chi connectivity index (χ3v) is 2.60. The van der Waals surface area contributed by atoms with Gasteiger partial charge in [0.1, 0.15) is 5.82 Å². The van der Waals surface area contributed by atoms with Gasteiger partial charge in [0.15, 0.2) is 0 Å². The van der Waals surface area contributed by atoms with Crippen LogP contribution in [0.1, 0.15) is 25.8 Å². The van der Waals surface area contributed by atoms with Crippen molar-refractivity contribution in [2.75, 3.05) is 19.6 Å². The molecule has 17 heavy (non-hydrogen) atoms. The van der Waals surface area contributed by atoms with Crippen molar-refractivity contribution in [3.8, 4) is 0 Å². The second-order valence-corrected chi connectivity index (χ2v) is 4.90. The van der Waals surface area contributed by atoms with Crippen molar-refractivity contribution in [2.45, 2.75) is 26.8 Å². The fourth-order valence-electron chi connectivity index (χ4n) is 1.96. The molecule has 2 nitrogen and oxygen atoms in total. The summed E-state index contributed by atoms with van der Waals surface area (Å²) >= 11 is 0. The minimum Gasteiger partial charge on any atom is -0.330 e. The van der Waals surface area contributed by atoms with E-state index >= 15 is 0 Å². The fraction of sp³-hybridized carbons (Fsp3) is 0.571. The van der Waals surface area contributed by atoms with Crippen LogP contribution in [0, 0.1) is 11.7 Å². The molecule has 0 heterocycles. The average molecular weight is 238 g/mol. The molecule has 1 rings (SSSR count). The van der Waals surface area contributed by atoms with Gasteiger partial charge >= 0.3 is 0 Å². The first-order chi connectivity index (χ1) is 8.11. The van der Waals surface area contributed by atoms with Crippen LogP contribution in [0.2, 0.25) is 0 Å². The smallest absolute Gasteiger partial charge is 0.123 e. The van der Waals surface area contributed by atoms with Gasteiger partial charge in [0.25, 0.3) is 0 Å². The molecule has 0 amide bonds. The Balaban J connectivity index is 2.58. The summed E-state index contributed by atoms with van der Waals surface area (Å²) in [5.41, 5.74) is 6.57. The van der Waals surface area contributed by atoms with Crippen LogP contribution in [0.5, 0.6) is 0 Å². The molecule has 0 fully saturated rings. The zero-order valence-electron chi connectivity index (χ0n) is 10.8. The van der Waals surface area contributed by atoms with Gasteiger partial charge in [-0.2, -0.15) is 0 Å². The molecule has 0 aliphatic carbocycles. The Morgan fingerprint density at radius 2 is 2.12 bits per heavy atom. The van der Waals surface area contributed by atoms with Crippen molar-refractivity contribution in [3.63, 3.8) is 0 Å². The Bertz CT molecular complexity index is 326. The lowest BCUT2D eigenvalue weighted by Gasteiger charge is -2.24. The molecule has 0 bridgehead atoms. The fourth-order valence-corrected chi connectivity index (χ4v) is 1.96. The molecule has 2 N–H and O–H groups in total. The van der Waals surface area contributed by atoms with Crippen molar-refractivity contribution in [3.05, 3.63) is 35.6 Å². The van der Waals surface area contributed by atoms with Gasteiger partial charge in [-0.25, -0.2) is 4.39 Å². The van der Waals surface area contributed by atoms with Gasteiger partial charge in [-0.3, -0.25) is 4.90 Å². The predicted octanol–water partition coefficient (Wildman–Crippen LogP) is 2.63. The van der Waals surface area contributed by atoms with Crippen LogP contribution in [0.25, 0.3) is 0 Å². The molecular weight excluding hydrogens is 215 g/mol. The molecule has 0 saturated heterocycles. The molecule has 3 heteroatoms. The summed E-state index contributed by atoms with van der Waals surface area (Å²) < 4.78 is 13.1. The SMILES string of the molecule is CC(C)CN(CCCN)Cc1cccc(F)c1. The number of rotatable bonds is 7. The summed E-state index contributed by atoms with van der Waals surface area (Å²) in [6.07, 6.45) is 0.988. The number of hydrogen-bond donors (Lipinski definition) is 1. The number of benzene rings is 1. The van der Waals surface area contributed by atoms with Crippen LogP contribution < -0.4 is 5.73 Å². The van der Waals surface area contributed by atoms with Gasteiger partial charge in [0.2, 0.25) is 0 Å². The first kappa shape index (κ1) is 14.1. The second kappa shape index (κ2) is 7.41. The lowest BCUT2D eigenvalue weighted by molar-refractivity contribution is 0.234. The Morgan fingerprint density at radius 1 is 1.35 bits per heavy atom. The monoisotopic (exact) mass is 238 g/mol. The van der Waals surface area contributed by atoms with Crippen molar-refractivity contribution < 1.29 is 4.39 Å². The summed E-state index contributed by atoms with van der Waals surface area (Å²) in [6, 6.07) is 6.83. The van der Waals surface area contributed by atoms with Gasteiger partial charge < -0.3 is 5.73 Å². The lowest BCUT2D eigenvalue weighted by Crippen LogP contribution is -2.29. The molecule has 0 aliphatic rings. The zero-order valence-corrected chi connectivity index (χ0v) is 10.8. The van der Waals surface area contributed by atoms with E-state index in [1.807, 2.05) is 6.07 Å². The maximum atomic E-state index is 13.1. The normalized spacial score (nSPS) is 11.4. The summed E-state index contributed by atoms with van der Waals surface area (Å²) in [4.78, 5) is 2.34. The Kier molecular flexibility index (Phi) is 6.16. The lowest BCUT2D eigenvalue weighted by atomic mass is 10.1. The minimum absolute atomic E-state index is 0.161. The van der Waals surface area contributed by atoms with Gasteiger partial charge in [0.05, 0.1) is 0 Å². The minimum atomic E-state index is -0.161. The van der Waals surface area contributed by atoms with E-state index in [1.165, 1.54) is 6.07 Å². The van der Waals surface area contributed by atoms with Gasteiger partial charge in [-0.05, 0) is 43.1 Å². The van der Waals surface area contributed by atoms with Crippen LogP contribution in [0.15, 0.2) is 24.3 Å². The van der Waals surface area contributed by atoms with E-state index in [0.29, 0.717) is 12.5 Å². The van der Waals surface area contributed by atoms with Crippen molar-refractivity contribution in [1.29, 1.82) is 0 Å². The van der Waals surface area contributed by atoms with E-state index in [0.717, 1.165) is 31.6 Å². The molecule has 0 aliphatic heterocycles. The highest BCUT2D eigenvalue weighted by Gasteiger charge is 2.08. The van der Waals surface area contributed by atoms with E-state index < -0.39 is 0 Å². The highest BCUT2D eigenvalue weighted by Crippen LogP contribution is 2.09. The van der Waals surface area contributed by atoms with E-state index in [2.05, 4.69) is 18.7 Å². The first-order valence-electron chi connectivity index (χ1n) is 6.28. The molecule has 96 valence electrons. The molecule has 0 spiro atoms. The third-order valence-electron chi connectivity index (χ3n) is 2.60. The zero-order chi connectivity index (χ0) is 12.7. The standard InChI is InChI=1S/C14H23FN2/c1-12(2)10-17(8-4-7-16)11-13-5-3-6-14(15)9-13/h3,5-6,9,12H,4,7-8,10-11,16H2,1-2H3. The molecule has 0 aromatic heterocycles. The summed E-state index contributed by atoms with van der Waals surface area (Å²) in [7, 11) is 0. The molecular formula is C14H23FN2. The third kappa shape index (κ3) is 5.80. The summed E-state index contributed by atoms with van der Waals surface area (Å²) in [5, 5.41) is 0. The van der Waals surface area contributed by atoms with E-state index in [4.69, 9.17) is 5.73 Å². The number of halogens is 1. The molecule has 1 aromatic rings. The highest BCUT2D eigenvalue weighted by molar-refractivity contribution is 5.16. The number of nitrogens with two attached hydrogens (primary N) is 1. The highest BCUT2D eigenvalue weighted by atomic mass is 19.1. The van der Waals surface area contributed by atoms with Crippen LogP contribution in [-0.4, -0.2) is 24.5 Å². The molecule has 0 saturated carbocycles. The second-order valence-electron chi connectivity index (χ2n) is 4.90. The van der Waals surface area contributed by atoms with Gasteiger partial charge in [0, 0.05) is 13.1 Å². The Labute approximate surface area is 104 Å². The first-order valence-corrected chi connectivity index (χ1v) is 6.28. The van der Waals surface area contributed by atoms with E-state index in [1.54, 1.807) is 12.1 Å². The van der Waals surface area contributed by atoms with Gasteiger partial charge in [-0.1, -0.05) is 26.0 Å². The maximum Gasteiger partial charge on any atom is 0.123 e. The number of hydrogen-bond acceptors (Lipinski definition) is 2. The molecule has 0 unspecified atom stereocenters. The molecule has 0 radical (unpaired) electrons.